The molecule has 3 heterocycles. The van der Waals surface area contributed by atoms with Crippen LogP contribution >= 0.6 is 0 Å². The number of pyridine rings is 1. The van der Waals surface area contributed by atoms with E-state index in [1.807, 2.05) is 37.3 Å². The summed E-state index contributed by atoms with van der Waals surface area (Å²) < 4.78 is 0. The fourth-order valence-corrected chi connectivity index (χ4v) is 7.20. The molecule has 0 bridgehead atoms. The first-order valence-electron chi connectivity index (χ1n) is 15.7. The first-order chi connectivity index (χ1) is 21.0. The maximum atomic E-state index is 13.5. The van der Waals surface area contributed by atoms with Crippen LogP contribution in [0.2, 0.25) is 0 Å². The van der Waals surface area contributed by atoms with Gasteiger partial charge in [-0.15, -0.1) is 0 Å². The lowest BCUT2D eigenvalue weighted by atomic mass is 9.66. The molecule has 9 nitrogen and oxygen atoms in total. The number of nitrogens with zero attached hydrogens (tertiary/aromatic N) is 2. The molecule has 1 aromatic heterocycles. The summed E-state index contributed by atoms with van der Waals surface area (Å²) in [7, 11) is 0. The third-order valence-electron chi connectivity index (χ3n) is 9.65. The molecule has 0 radical (unpaired) electrons. The van der Waals surface area contributed by atoms with Gasteiger partial charge >= 0.3 is 0 Å². The molecule has 44 heavy (non-hydrogen) atoms. The van der Waals surface area contributed by atoms with Crippen LogP contribution in [0.5, 0.6) is 0 Å². The highest BCUT2D eigenvalue weighted by atomic mass is 17.2. The predicted molar refractivity (Wildman–Crippen MR) is 168 cm³/mol. The number of imide groups is 1. The van der Waals surface area contributed by atoms with E-state index < -0.39 is 5.60 Å². The Bertz CT molecular complexity index is 1550. The topological polar surface area (TPSA) is 110 Å². The van der Waals surface area contributed by atoms with Gasteiger partial charge in [0.15, 0.2) is 0 Å². The first-order valence-corrected chi connectivity index (χ1v) is 15.7. The molecule has 232 valence electrons. The van der Waals surface area contributed by atoms with Crippen molar-refractivity contribution in [3.63, 3.8) is 0 Å². The van der Waals surface area contributed by atoms with E-state index in [1.54, 1.807) is 24.5 Å². The molecule has 2 aliphatic heterocycles. The molecule has 6 rings (SSSR count). The maximum absolute atomic E-state index is 13.5. The summed E-state index contributed by atoms with van der Waals surface area (Å²) in [6.45, 7) is 9.62. The van der Waals surface area contributed by atoms with Gasteiger partial charge in [0.1, 0.15) is 11.2 Å². The lowest BCUT2D eigenvalue weighted by Gasteiger charge is -2.40. The largest absolute Gasteiger partial charge is 0.380 e. The van der Waals surface area contributed by atoms with Crippen molar-refractivity contribution in [2.45, 2.75) is 84.0 Å². The SMILES string of the molecule is CC1(CC(=O)NCCN2C(=O)c3cccc4c(NCc5ccncc5)ccc(c34)C2=O)CC2(CCC(C(C)(C)C)CC2)OO1. The van der Waals surface area contributed by atoms with Crippen molar-refractivity contribution in [2.24, 2.45) is 11.3 Å². The molecule has 2 aromatic carbocycles. The van der Waals surface area contributed by atoms with Crippen molar-refractivity contribution in [3.05, 3.63) is 71.5 Å². The van der Waals surface area contributed by atoms with E-state index in [1.165, 1.54) is 4.90 Å². The molecule has 3 aromatic rings. The zero-order chi connectivity index (χ0) is 31.1. The minimum atomic E-state index is -0.715. The molecule has 1 saturated heterocycles. The van der Waals surface area contributed by atoms with Crippen LogP contribution in [-0.4, -0.2) is 51.9 Å². The number of aromatic nitrogens is 1. The van der Waals surface area contributed by atoms with Crippen molar-refractivity contribution in [1.29, 1.82) is 0 Å². The van der Waals surface area contributed by atoms with Crippen LogP contribution in [0.25, 0.3) is 10.8 Å². The van der Waals surface area contributed by atoms with Gasteiger partial charge in [0.05, 0.1) is 6.42 Å². The number of hydrogen-bond acceptors (Lipinski definition) is 7. The number of rotatable bonds is 8. The lowest BCUT2D eigenvalue weighted by molar-refractivity contribution is -0.352. The highest BCUT2D eigenvalue weighted by Gasteiger charge is 2.52. The smallest absolute Gasteiger partial charge is 0.261 e. The molecule has 1 atom stereocenters. The molecule has 9 heteroatoms. The number of anilines is 1. The van der Waals surface area contributed by atoms with Crippen LogP contribution < -0.4 is 10.6 Å². The monoisotopic (exact) mass is 598 g/mol. The highest BCUT2D eigenvalue weighted by Crippen LogP contribution is 2.50. The Balaban J connectivity index is 1.05. The van der Waals surface area contributed by atoms with E-state index >= 15 is 0 Å². The number of hydrogen-bond donors (Lipinski definition) is 2. The Hall–Kier alpha value is -3.82. The summed E-state index contributed by atoms with van der Waals surface area (Å²) in [5, 5.41) is 7.79. The van der Waals surface area contributed by atoms with Crippen molar-refractivity contribution in [2.75, 3.05) is 18.4 Å². The van der Waals surface area contributed by atoms with E-state index in [2.05, 4.69) is 36.4 Å². The molecule has 1 saturated carbocycles. The zero-order valence-electron chi connectivity index (χ0n) is 26.1. The summed E-state index contributed by atoms with van der Waals surface area (Å²) in [5.41, 5.74) is 2.11. The Morgan fingerprint density at radius 1 is 1.00 bits per heavy atom. The summed E-state index contributed by atoms with van der Waals surface area (Å²) >= 11 is 0. The number of benzene rings is 2. The van der Waals surface area contributed by atoms with Gasteiger partial charge in [0, 0.05) is 66.0 Å². The van der Waals surface area contributed by atoms with Crippen LogP contribution in [0, 0.1) is 11.3 Å². The lowest BCUT2D eigenvalue weighted by Crippen LogP contribution is -2.45. The predicted octanol–water partition coefficient (Wildman–Crippen LogP) is 6.03. The molecule has 1 unspecified atom stereocenters. The van der Waals surface area contributed by atoms with E-state index in [0.717, 1.165) is 42.3 Å². The Morgan fingerprint density at radius 2 is 1.70 bits per heavy atom. The minimum Gasteiger partial charge on any atom is -0.380 e. The van der Waals surface area contributed by atoms with E-state index in [9.17, 15) is 14.4 Å². The molecule has 1 spiro atoms. The second kappa shape index (κ2) is 11.6. The standard InChI is InChI=1S/C35H42N4O5/c1-33(2,3)24-10-14-35(15-11-24)22-34(4,43-44-35)20-29(40)37-18-19-39-31(41)26-7-5-6-25-28(9-8-27(30(25)26)32(39)42)38-21-23-12-16-36-17-13-23/h5-9,12-13,16-17,24,38H,10-11,14-15,18-22H2,1-4H3,(H,37,40). The summed E-state index contributed by atoms with van der Waals surface area (Å²) in [4.78, 5) is 56.9. The molecule has 3 aliphatic rings. The van der Waals surface area contributed by atoms with Crippen LogP contribution in [0.3, 0.4) is 0 Å². The fraction of sp³-hybridized carbons (Fsp3) is 0.486. The van der Waals surface area contributed by atoms with Gasteiger partial charge < -0.3 is 10.6 Å². The molecule has 1 aliphatic carbocycles. The highest BCUT2D eigenvalue weighted by molar-refractivity contribution is 6.26. The normalized spacial score (nSPS) is 25.1. The van der Waals surface area contributed by atoms with E-state index in [-0.39, 0.29) is 48.2 Å². The van der Waals surface area contributed by atoms with E-state index in [4.69, 9.17) is 9.78 Å². The third-order valence-corrected chi connectivity index (χ3v) is 9.65. The first kappa shape index (κ1) is 30.2. The van der Waals surface area contributed by atoms with Crippen molar-refractivity contribution in [1.82, 2.24) is 15.2 Å². The molecular weight excluding hydrogens is 556 g/mol. The van der Waals surface area contributed by atoms with Gasteiger partial charge in [-0.2, -0.15) is 0 Å². The van der Waals surface area contributed by atoms with Crippen LogP contribution in [-0.2, 0) is 21.1 Å². The third kappa shape index (κ3) is 5.95. The average molecular weight is 599 g/mol. The number of carbonyl (C=O) groups is 3. The quantitative estimate of drug-likeness (QED) is 0.241. The minimum absolute atomic E-state index is 0.0769. The second-order valence-electron chi connectivity index (χ2n) is 14.0. The number of nitrogens with one attached hydrogen (secondary N) is 2. The van der Waals surface area contributed by atoms with Crippen LogP contribution in [0.1, 0.15) is 92.5 Å². The number of amides is 3. The Morgan fingerprint density at radius 3 is 2.41 bits per heavy atom. The van der Waals surface area contributed by atoms with Gasteiger partial charge in [0.25, 0.3) is 11.8 Å². The fourth-order valence-electron chi connectivity index (χ4n) is 7.20. The van der Waals surface area contributed by atoms with E-state index in [0.29, 0.717) is 35.4 Å². The second-order valence-corrected chi connectivity index (χ2v) is 14.0. The van der Waals surface area contributed by atoms with Crippen LogP contribution in [0.4, 0.5) is 5.69 Å². The van der Waals surface area contributed by atoms with Crippen molar-refractivity contribution >= 4 is 34.2 Å². The van der Waals surface area contributed by atoms with Crippen LogP contribution in [0.15, 0.2) is 54.9 Å². The van der Waals surface area contributed by atoms with Gasteiger partial charge in [-0.25, -0.2) is 9.78 Å². The van der Waals surface area contributed by atoms with Gasteiger partial charge in [-0.3, -0.25) is 24.3 Å². The Kier molecular flexibility index (Phi) is 7.96. The average Bonchev–Trinajstić information content (AvgIpc) is 3.31. The van der Waals surface area contributed by atoms with Crippen molar-refractivity contribution < 1.29 is 24.2 Å². The molecule has 2 fully saturated rings. The number of carbonyl (C=O) groups excluding carboxylic acids is 3. The molecular formula is C35H42N4O5. The summed E-state index contributed by atoms with van der Waals surface area (Å²) in [6.07, 6.45) is 8.36. The summed E-state index contributed by atoms with van der Waals surface area (Å²) in [5.74, 6) is -0.259. The maximum Gasteiger partial charge on any atom is 0.261 e. The van der Waals surface area contributed by atoms with Gasteiger partial charge in [-0.05, 0) is 79.8 Å². The van der Waals surface area contributed by atoms with Crippen molar-refractivity contribution in [3.8, 4) is 0 Å². The van der Waals surface area contributed by atoms with Gasteiger partial charge in [0.2, 0.25) is 5.91 Å². The zero-order valence-corrected chi connectivity index (χ0v) is 26.1. The Labute approximate surface area is 258 Å². The summed E-state index contributed by atoms with van der Waals surface area (Å²) in [6, 6.07) is 13.0. The molecule has 3 amide bonds. The molecule has 2 N–H and O–H groups in total. The van der Waals surface area contributed by atoms with Gasteiger partial charge in [-0.1, -0.05) is 32.9 Å².